The molecule has 0 amide bonds. The number of piperidine rings is 1. The Bertz CT molecular complexity index is 782. The van der Waals surface area contributed by atoms with Gasteiger partial charge in [0, 0.05) is 18.8 Å². The van der Waals surface area contributed by atoms with Crippen LogP contribution in [-0.2, 0) is 19.9 Å². The molecule has 1 fully saturated rings. The van der Waals surface area contributed by atoms with Crippen molar-refractivity contribution < 1.29 is 16.8 Å². The molecule has 0 unspecified atom stereocenters. The molecule has 0 aliphatic carbocycles. The number of nitrogens with zero attached hydrogens (tertiary/aromatic N) is 1. The van der Waals surface area contributed by atoms with E-state index < -0.39 is 19.9 Å². The molecule has 1 N–H and O–H groups in total. The first-order valence-corrected chi connectivity index (χ1v) is 11.5. The molecular formula is C16H26N2O4S2. The van der Waals surface area contributed by atoms with Crippen LogP contribution in [-0.4, -0.2) is 53.1 Å². The number of hydrogen-bond acceptors (Lipinski definition) is 5. The molecule has 8 heteroatoms. The lowest BCUT2D eigenvalue weighted by molar-refractivity contribution is 0.262. The summed E-state index contributed by atoms with van der Waals surface area (Å²) in [4.78, 5) is 0.130. The first kappa shape index (κ1) is 19.4. The molecule has 0 atom stereocenters. The van der Waals surface area contributed by atoms with Crippen LogP contribution in [0.1, 0.15) is 31.7 Å². The monoisotopic (exact) mass is 374 g/mol. The lowest BCUT2D eigenvalue weighted by atomic mass is 10.1. The number of rotatable bonds is 6. The van der Waals surface area contributed by atoms with Gasteiger partial charge in [-0.15, -0.1) is 0 Å². The highest BCUT2D eigenvalue weighted by atomic mass is 32.2. The van der Waals surface area contributed by atoms with Gasteiger partial charge >= 0.3 is 0 Å². The Labute approximate surface area is 145 Å². The smallest absolute Gasteiger partial charge is 0.243 e. The van der Waals surface area contributed by atoms with Gasteiger partial charge in [0.25, 0.3) is 0 Å². The highest BCUT2D eigenvalue weighted by Crippen LogP contribution is 2.27. The van der Waals surface area contributed by atoms with Crippen molar-refractivity contribution in [2.75, 3.05) is 25.9 Å². The fourth-order valence-electron chi connectivity index (χ4n) is 3.03. The molecule has 6 nitrogen and oxygen atoms in total. The number of nitrogens with one attached hydrogen (secondary N) is 1. The van der Waals surface area contributed by atoms with Crippen molar-refractivity contribution in [3.8, 4) is 0 Å². The molecule has 136 valence electrons. The van der Waals surface area contributed by atoms with Crippen LogP contribution in [0.5, 0.6) is 0 Å². The summed E-state index contributed by atoms with van der Waals surface area (Å²) in [6.07, 6.45) is 3.34. The number of aryl methyl sites for hydroxylation is 1. The molecular weight excluding hydrogens is 348 g/mol. The molecule has 1 saturated heterocycles. The highest BCUT2D eigenvalue weighted by Gasteiger charge is 2.33. The van der Waals surface area contributed by atoms with Gasteiger partial charge in [0.05, 0.1) is 9.79 Å². The summed E-state index contributed by atoms with van der Waals surface area (Å²) in [5.74, 6) is 0. The molecule has 0 radical (unpaired) electrons. The van der Waals surface area contributed by atoms with Crippen LogP contribution in [0.2, 0.25) is 0 Å². The average Bonchev–Trinajstić information content (AvgIpc) is 2.52. The Kier molecular flexibility index (Phi) is 6.06. The van der Waals surface area contributed by atoms with Gasteiger partial charge in [0.15, 0.2) is 9.84 Å². The van der Waals surface area contributed by atoms with Gasteiger partial charge in [-0.3, -0.25) is 0 Å². The van der Waals surface area contributed by atoms with Crippen LogP contribution in [0.3, 0.4) is 0 Å². The van der Waals surface area contributed by atoms with Crippen molar-refractivity contribution >= 4 is 19.9 Å². The third kappa shape index (κ3) is 4.17. The fourth-order valence-corrected chi connectivity index (χ4v) is 5.78. The minimum absolute atomic E-state index is 0.0356. The third-order valence-corrected chi connectivity index (χ3v) is 7.54. The first-order chi connectivity index (χ1) is 11.2. The van der Waals surface area contributed by atoms with E-state index in [1.165, 1.54) is 12.1 Å². The molecule has 1 heterocycles. The van der Waals surface area contributed by atoms with Gasteiger partial charge in [0.1, 0.15) is 0 Å². The summed E-state index contributed by atoms with van der Waals surface area (Å²) >= 11 is 0. The fraction of sp³-hybridized carbons (Fsp3) is 0.625. The Morgan fingerprint density at radius 2 is 1.79 bits per heavy atom. The van der Waals surface area contributed by atoms with Crippen LogP contribution in [0.25, 0.3) is 0 Å². The molecule has 1 aromatic rings. The minimum Gasteiger partial charge on any atom is -0.317 e. The first-order valence-electron chi connectivity index (χ1n) is 8.21. The van der Waals surface area contributed by atoms with E-state index in [1.54, 1.807) is 17.3 Å². The summed E-state index contributed by atoms with van der Waals surface area (Å²) in [5, 5.41) is 3.24. The maximum Gasteiger partial charge on any atom is 0.243 e. The lowest BCUT2D eigenvalue weighted by Crippen LogP contribution is -2.46. The minimum atomic E-state index is -3.74. The SMILES string of the molecule is CCCN(C1CCNCC1)S(=O)(=O)c1cc(S(C)(=O)=O)ccc1C. The number of hydrogen-bond donors (Lipinski definition) is 1. The largest absolute Gasteiger partial charge is 0.317 e. The number of sulfone groups is 1. The maximum atomic E-state index is 13.2. The van der Waals surface area contributed by atoms with Gasteiger partial charge in [0.2, 0.25) is 10.0 Å². The number of sulfonamides is 1. The summed E-state index contributed by atoms with van der Waals surface area (Å²) in [5.41, 5.74) is 0.567. The van der Waals surface area contributed by atoms with Crippen molar-refractivity contribution in [1.82, 2.24) is 9.62 Å². The van der Waals surface area contributed by atoms with E-state index in [9.17, 15) is 16.8 Å². The zero-order valence-corrected chi connectivity index (χ0v) is 16.1. The van der Waals surface area contributed by atoms with Gasteiger partial charge < -0.3 is 5.32 Å². The van der Waals surface area contributed by atoms with E-state index in [0.717, 1.165) is 32.2 Å². The van der Waals surface area contributed by atoms with Crippen molar-refractivity contribution in [3.05, 3.63) is 23.8 Å². The zero-order valence-electron chi connectivity index (χ0n) is 14.4. The zero-order chi connectivity index (χ0) is 18.0. The second kappa shape index (κ2) is 7.51. The summed E-state index contributed by atoms with van der Waals surface area (Å²) in [6, 6.07) is 4.27. The van der Waals surface area contributed by atoms with Crippen molar-refractivity contribution in [2.45, 2.75) is 48.9 Å². The van der Waals surface area contributed by atoms with E-state index in [-0.39, 0.29) is 15.8 Å². The van der Waals surface area contributed by atoms with Crippen LogP contribution in [0.4, 0.5) is 0 Å². The second-order valence-corrected chi connectivity index (χ2v) is 10.2. The Hall–Kier alpha value is -0.960. The standard InChI is InChI=1S/C16H26N2O4S2/c1-4-11-18(14-7-9-17-10-8-14)24(21,22)16-12-15(23(3,19)20)6-5-13(16)2/h5-6,12,14,17H,4,7-11H2,1-3H3. The van der Waals surface area contributed by atoms with Crippen molar-refractivity contribution in [2.24, 2.45) is 0 Å². The Morgan fingerprint density at radius 3 is 2.33 bits per heavy atom. The molecule has 1 aliphatic rings. The van der Waals surface area contributed by atoms with E-state index in [4.69, 9.17) is 0 Å². The van der Waals surface area contributed by atoms with Crippen molar-refractivity contribution in [1.29, 1.82) is 0 Å². The maximum absolute atomic E-state index is 13.2. The molecule has 2 rings (SSSR count). The van der Waals surface area contributed by atoms with Crippen LogP contribution >= 0.6 is 0 Å². The molecule has 24 heavy (non-hydrogen) atoms. The molecule has 0 saturated carbocycles. The molecule has 0 spiro atoms. The van der Waals surface area contributed by atoms with E-state index in [0.29, 0.717) is 18.5 Å². The summed E-state index contributed by atoms with van der Waals surface area (Å²) in [7, 11) is -7.19. The summed E-state index contributed by atoms with van der Waals surface area (Å²) < 4.78 is 51.6. The average molecular weight is 375 g/mol. The normalized spacial score (nSPS) is 17.3. The van der Waals surface area contributed by atoms with E-state index >= 15 is 0 Å². The predicted octanol–water partition coefficient (Wildman–Crippen LogP) is 1.55. The second-order valence-electron chi connectivity index (χ2n) is 6.30. The van der Waals surface area contributed by atoms with E-state index in [1.807, 2.05) is 6.92 Å². The van der Waals surface area contributed by atoms with Crippen LogP contribution < -0.4 is 5.32 Å². The Morgan fingerprint density at radius 1 is 1.17 bits per heavy atom. The Balaban J connectivity index is 2.50. The quantitative estimate of drug-likeness (QED) is 0.817. The van der Waals surface area contributed by atoms with E-state index in [2.05, 4.69) is 5.32 Å². The molecule has 1 aliphatic heterocycles. The molecule has 1 aromatic carbocycles. The van der Waals surface area contributed by atoms with Gasteiger partial charge in [-0.05, 0) is 57.0 Å². The van der Waals surface area contributed by atoms with Crippen molar-refractivity contribution in [3.63, 3.8) is 0 Å². The molecule has 0 aromatic heterocycles. The topological polar surface area (TPSA) is 83.6 Å². The van der Waals surface area contributed by atoms with Crippen LogP contribution in [0.15, 0.2) is 28.0 Å². The van der Waals surface area contributed by atoms with Gasteiger partial charge in [-0.1, -0.05) is 13.0 Å². The lowest BCUT2D eigenvalue weighted by Gasteiger charge is -2.34. The third-order valence-electron chi connectivity index (χ3n) is 4.33. The van der Waals surface area contributed by atoms with Gasteiger partial charge in [-0.2, -0.15) is 4.31 Å². The highest BCUT2D eigenvalue weighted by molar-refractivity contribution is 7.91. The number of benzene rings is 1. The summed E-state index contributed by atoms with van der Waals surface area (Å²) in [6.45, 7) is 5.68. The van der Waals surface area contributed by atoms with Gasteiger partial charge in [-0.25, -0.2) is 16.8 Å². The predicted molar refractivity (Wildman–Crippen MR) is 94.4 cm³/mol. The molecule has 0 bridgehead atoms. The van der Waals surface area contributed by atoms with Crippen LogP contribution in [0, 0.1) is 6.92 Å².